The van der Waals surface area contributed by atoms with E-state index in [-0.39, 0.29) is 22.8 Å². The van der Waals surface area contributed by atoms with Crippen LogP contribution >= 0.6 is 0 Å². The molecule has 0 aliphatic carbocycles. The monoisotopic (exact) mass is 409 g/mol. The molecular formula is C20H31N3O4S. The molecule has 7 nitrogen and oxygen atoms in total. The minimum absolute atomic E-state index is 0.0150. The van der Waals surface area contributed by atoms with Crippen LogP contribution in [0.1, 0.15) is 26.3 Å². The maximum absolute atomic E-state index is 13.3. The molecule has 28 heavy (non-hydrogen) atoms. The average molecular weight is 410 g/mol. The third-order valence-corrected chi connectivity index (χ3v) is 7.32. The molecule has 2 fully saturated rings. The van der Waals surface area contributed by atoms with Gasteiger partial charge in [-0.05, 0) is 31.9 Å². The van der Waals surface area contributed by atoms with Crippen LogP contribution in [0.4, 0.5) is 0 Å². The Morgan fingerprint density at radius 1 is 1.18 bits per heavy atom. The molecular weight excluding hydrogens is 378 g/mol. The highest BCUT2D eigenvalue weighted by molar-refractivity contribution is 7.89. The molecule has 156 valence electrons. The Labute approximate surface area is 168 Å². The summed E-state index contributed by atoms with van der Waals surface area (Å²) in [5, 5.41) is 0. The highest BCUT2D eigenvalue weighted by Crippen LogP contribution is 2.32. The van der Waals surface area contributed by atoms with Crippen LogP contribution in [0.15, 0.2) is 29.2 Å². The third-order valence-electron chi connectivity index (χ3n) is 5.47. The first-order valence-corrected chi connectivity index (χ1v) is 11.4. The maximum Gasteiger partial charge on any atom is 0.244 e. The van der Waals surface area contributed by atoms with Gasteiger partial charge in [0.1, 0.15) is 6.17 Å². The molecule has 1 aromatic carbocycles. The van der Waals surface area contributed by atoms with Crippen LogP contribution in [-0.4, -0.2) is 80.0 Å². The number of carbonyl (C=O) groups is 1. The van der Waals surface area contributed by atoms with E-state index in [0.29, 0.717) is 26.3 Å². The van der Waals surface area contributed by atoms with Crippen molar-refractivity contribution < 1.29 is 17.9 Å². The lowest BCUT2D eigenvalue weighted by molar-refractivity contribution is -0.137. The van der Waals surface area contributed by atoms with Gasteiger partial charge in [0.2, 0.25) is 15.9 Å². The first kappa shape index (κ1) is 21.2. The van der Waals surface area contributed by atoms with E-state index in [1.807, 2.05) is 27.7 Å². The molecule has 2 aliphatic heterocycles. The standard InChI is InChI=1S/C20H31N3O4S/c1-15(2)20-22(28(25,26)18-7-5-16(3)6-8-18)13-17(4)23(20)19(24)14-21-9-11-27-12-10-21/h5-8,15,17,20H,9-14H2,1-4H3/t17-,20+/m0/s1. The smallest absolute Gasteiger partial charge is 0.244 e. The van der Waals surface area contributed by atoms with Crippen molar-refractivity contribution in [3.63, 3.8) is 0 Å². The normalized spacial score (nSPS) is 24.8. The van der Waals surface area contributed by atoms with Gasteiger partial charge in [0.25, 0.3) is 0 Å². The van der Waals surface area contributed by atoms with E-state index in [9.17, 15) is 13.2 Å². The third kappa shape index (κ3) is 4.25. The Hall–Kier alpha value is -1.48. The molecule has 0 bridgehead atoms. The number of morpholine rings is 1. The van der Waals surface area contributed by atoms with E-state index >= 15 is 0 Å². The molecule has 2 atom stereocenters. The van der Waals surface area contributed by atoms with E-state index in [4.69, 9.17) is 4.74 Å². The van der Waals surface area contributed by atoms with Gasteiger partial charge in [0, 0.05) is 25.7 Å². The Balaban J connectivity index is 1.85. The summed E-state index contributed by atoms with van der Waals surface area (Å²) in [5.41, 5.74) is 1.01. The lowest BCUT2D eigenvalue weighted by atomic mass is 10.1. The van der Waals surface area contributed by atoms with Crippen molar-refractivity contribution in [2.45, 2.75) is 44.8 Å². The molecule has 8 heteroatoms. The molecule has 0 unspecified atom stereocenters. The fraction of sp³-hybridized carbons (Fsp3) is 0.650. The van der Waals surface area contributed by atoms with Crippen LogP contribution < -0.4 is 0 Å². The summed E-state index contributed by atoms with van der Waals surface area (Å²) in [6, 6.07) is 6.73. The number of sulfonamides is 1. The summed E-state index contributed by atoms with van der Waals surface area (Å²) in [5.74, 6) is -0.0338. The fourth-order valence-electron chi connectivity index (χ4n) is 4.02. The summed E-state index contributed by atoms with van der Waals surface area (Å²) in [4.78, 5) is 17.2. The number of amides is 1. The molecule has 1 amide bonds. The predicted molar refractivity (Wildman–Crippen MR) is 107 cm³/mol. The first-order chi connectivity index (χ1) is 13.2. The summed E-state index contributed by atoms with van der Waals surface area (Å²) in [6.45, 7) is 11.1. The zero-order valence-electron chi connectivity index (χ0n) is 17.2. The zero-order chi connectivity index (χ0) is 20.5. The molecule has 2 heterocycles. The highest BCUT2D eigenvalue weighted by atomic mass is 32.2. The van der Waals surface area contributed by atoms with Crippen molar-refractivity contribution in [1.82, 2.24) is 14.1 Å². The molecule has 3 rings (SSSR count). The van der Waals surface area contributed by atoms with E-state index in [1.165, 1.54) is 4.31 Å². The first-order valence-electron chi connectivity index (χ1n) is 9.91. The number of nitrogens with zero attached hydrogens (tertiary/aromatic N) is 3. The van der Waals surface area contributed by atoms with Crippen LogP contribution in [0.25, 0.3) is 0 Å². The minimum atomic E-state index is -3.68. The number of aryl methyl sites for hydroxylation is 1. The van der Waals surface area contributed by atoms with E-state index in [0.717, 1.165) is 18.7 Å². The molecule has 0 N–H and O–H groups in total. The SMILES string of the molecule is Cc1ccc(S(=O)(=O)N2C[C@H](C)N(C(=O)CN3CCOCC3)[C@@H]2C(C)C)cc1. The van der Waals surface area contributed by atoms with Gasteiger partial charge in [-0.1, -0.05) is 31.5 Å². The summed E-state index contributed by atoms with van der Waals surface area (Å²) in [6.07, 6.45) is -0.477. The van der Waals surface area contributed by atoms with Gasteiger partial charge in [-0.2, -0.15) is 4.31 Å². The Kier molecular flexibility index (Phi) is 6.44. The number of ether oxygens (including phenoxy) is 1. The highest BCUT2D eigenvalue weighted by Gasteiger charge is 2.47. The van der Waals surface area contributed by atoms with Gasteiger partial charge in [-0.15, -0.1) is 0 Å². The zero-order valence-corrected chi connectivity index (χ0v) is 18.0. The van der Waals surface area contributed by atoms with Crippen molar-refractivity contribution in [3.05, 3.63) is 29.8 Å². The second-order valence-corrected chi connectivity index (χ2v) is 9.97. The van der Waals surface area contributed by atoms with Crippen molar-refractivity contribution in [2.75, 3.05) is 39.4 Å². The summed E-state index contributed by atoms with van der Waals surface area (Å²) in [7, 11) is -3.68. The molecule has 1 aromatic rings. The number of carbonyl (C=O) groups excluding carboxylic acids is 1. The summed E-state index contributed by atoms with van der Waals surface area (Å²) >= 11 is 0. The lowest BCUT2D eigenvalue weighted by Crippen LogP contribution is -2.52. The van der Waals surface area contributed by atoms with Crippen LogP contribution in [0.3, 0.4) is 0 Å². The van der Waals surface area contributed by atoms with Gasteiger partial charge in [-0.3, -0.25) is 9.69 Å². The lowest BCUT2D eigenvalue weighted by Gasteiger charge is -2.35. The number of hydrogen-bond acceptors (Lipinski definition) is 5. The Morgan fingerprint density at radius 2 is 1.79 bits per heavy atom. The fourth-order valence-corrected chi connectivity index (χ4v) is 5.81. The largest absolute Gasteiger partial charge is 0.379 e. The number of benzene rings is 1. The predicted octanol–water partition coefficient (Wildman–Crippen LogP) is 1.53. The quantitative estimate of drug-likeness (QED) is 0.738. The van der Waals surface area contributed by atoms with E-state index < -0.39 is 16.2 Å². The second kappa shape index (κ2) is 8.49. The number of rotatable bonds is 5. The molecule has 2 saturated heterocycles. The van der Waals surface area contributed by atoms with Crippen LogP contribution in [-0.2, 0) is 19.6 Å². The van der Waals surface area contributed by atoms with Gasteiger partial charge >= 0.3 is 0 Å². The molecule has 2 aliphatic rings. The van der Waals surface area contributed by atoms with Crippen LogP contribution in [0.2, 0.25) is 0 Å². The Morgan fingerprint density at radius 3 is 2.36 bits per heavy atom. The van der Waals surface area contributed by atoms with Gasteiger partial charge in [0.05, 0.1) is 24.7 Å². The summed E-state index contributed by atoms with van der Waals surface area (Å²) < 4.78 is 33.5. The molecule has 0 radical (unpaired) electrons. The second-order valence-electron chi connectivity index (χ2n) is 8.08. The molecule has 0 spiro atoms. The van der Waals surface area contributed by atoms with Crippen molar-refractivity contribution >= 4 is 15.9 Å². The van der Waals surface area contributed by atoms with Gasteiger partial charge in [0.15, 0.2) is 0 Å². The van der Waals surface area contributed by atoms with Crippen LogP contribution in [0, 0.1) is 12.8 Å². The minimum Gasteiger partial charge on any atom is -0.379 e. The van der Waals surface area contributed by atoms with E-state index in [2.05, 4.69) is 4.90 Å². The molecule has 0 aromatic heterocycles. The van der Waals surface area contributed by atoms with Gasteiger partial charge in [-0.25, -0.2) is 8.42 Å². The Bertz CT molecular complexity index is 788. The number of hydrogen-bond donors (Lipinski definition) is 0. The molecule has 0 saturated carbocycles. The average Bonchev–Trinajstić information content (AvgIpc) is 3.01. The van der Waals surface area contributed by atoms with Gasteiger partial charge < -0.3 is 9.64 Å². The van der Waals surface area contributed by atoms with Crippen molar-refractivity contribution in [2.24, 2.45) is 5.92 Å². The van der Waals surface area contributed by atoms with Crippen LogP contribution in [0.5, 0.6) is 0 Å². The maximum atomic E-state index is 13.3. The topological polar surface area (TPSA) is 70.2 Å². The van der Waals surface area contributed by atoms with Crippen molar-refractivity contribution in [3.8, 4) is 0 Å². The van der Waals surface area contributed by atoms with E-state index in [1.54, 1.807) is 29.2 Å². The van der Waals surface area contributed by atoms with Crippen molar-refractivity contribution in [1.29, 1.82) is 0 Å².